The molecule has 3 amide bonds. The topological polar surface area (TPSA) is 97.0 Å². The van der Waals surface area contributed by atoms with Gasteiger partial charge in [0.1, 0.15) is 12.4 Å². The van der Waals surface area contributed by atoms with Gasteiger partial charge in [0, 0.05) is 18.7 Å². The molecule has 38 heavy (non-hydrogen) atoms. The van der Waals surface area contributed by atoms with Gasteiger partial charge in [-0.1, -0.05) is 35.9 Å². The molecule has 1 saturated heterocycles. The number of hydrogen-bond donors (Lipinski definition) is 2. The number of alkyl halides is 1. The van der Waals surface area contributed by atoms with Crippen molar-refractivity contribution in [2.75, 3.05) is 30.9 Å². The molecule has 1 atom stereocenters. The molecule has 0 spiro atoms. The van der Waals surface area contributed by atoms with E-state index in [0.717, 1.165) is 0 Å². The van der Waals surface area contributed by atoms with Crippen molar-refractivity contribution in [2.24, 2.45) is 0 Å². The zero-order valence-electron chi connectivity index (χ0n) is 20.7. The molecular formula is C28H27ClFN3O5. The lowest BCUT2D eigenvalue weighted by molar-refractivity contribution is -0.144. The molecule has 8 nitrogen and oxygen atoms in total. The Hall–Kier alpha value is -4.11. The Morgan fingerprint density at radius 3 is 2.45 bits per heavy atom. The fourth-order valence-electron chi connectivity index (χ4n) is 4.19. The van der Waals surface area contributed by atoms with Gasteiger partial charge in [0.15, 0.2) is 0 Å². The molecule has 10 heteroatoms. The molecule has 3 aromatic rings. The molecule has 0 radical (unpaired) electrons. The Morgan fingerprint density at radius 2 is 1.76 bits per heavy atom. The minimum atomic E-state index is -1.96. The first kappa shape index (κ1) is 26.9. The molecule has 0 aliphatic carbocycles. The Bertz CT molecular complexity index is 1310. The summed E-state index contributed by atoms with van der Waals surface area (Å²) in [4.78, 5) is 38.0. The first-order valence-electron chi connectivity index (χ1n) is 12.0. The smallest absolute Gasteiger partial charge is 0.337 e. The monoisotopic (exact) mass is 539 g/mol. The van der Waals surface area contributed by atoms with Crippen molar-refractivity contribution >= 4 is 40.9 Å². The van der Waals surface area contributed by atoms with Gasteiger partial charge < -0.3 is 25.0 Å². The van der Waals surface area contributed by atoms with Crippen molar-refractivity contribution in [2.45, 2.75) is 25.1 Å². The summed E-state index contributed by atoms with van der Waals surface area (Å²) in [5, 5.41) is 5.63. The van der Waals surface area contributed by atoms with Crippen LogP contribution in [-0.4, -0.2) is 48.9 Å². The fraction of sp³-hybridized carbons (Fsp3) is 0.250. The van der Waals surface area contributed by atoms with Crippen LogP contribution < -0.4 is 15.4 Å². The third kappa shape index (κ3) is 6.60. The Morgan fingerprint density at radius 1 is 1.03 bits per heavy atom. The van der Waals surface area contributed by atoms with Crippen molar-refractivity contribution in [3.8, 4) is 5.75 Å². The van der Waals surface area contributed by atoms with Crippen LogP contribution in [0.2, 0.25) is 5.02 Å². The number of benzene rings is 3. The number of ether oxygens (including phenoxy) is 2. The van der Waals surface area contributed by atoms with Crippen LogP contribution in [-0.2, 0) is 16.0 Å². The van der Waals surface area contributed by atoms with E-state index in [2.05, 4.69) is 15.4 Å². The zero-order chi connectivity index (χ0) is 27.1. The average molecular weight is 540 g/mol. The standard InChI is InChI=1S/C28H27ClFN3O5/c1-37-26(35)20-9-11-22(12-10-20)38-18-28(30)14-5-15-33(28)25(34)17-19-8-13-24(23(29)16-19)32-27(36)31-21-6-3-2-4-7-21/h2-4,6-13,16H,5,14-15,17-18H2,1H3,(H2,31,32,36)/t28-/m1/s1. The molecule has 0 saturated carbocycles. The van der Waals surface area contributed by atoms with Crippen molar-refractivity contribution in [3.63, 3.8) is 0 Å². The molecule has 4 rings (SSSR count). The lowest BCUT2D eigenvalue weighted by Crippen LogP contribution is -2.48. The number of anilines is 2. The van der Waals surface area contributed by atoms with Crippen LogP contribution in [0.25, 0.3) is 0 Å². The lowest BCUT2D eigenvalue weighted by atomic mass is 10.1. The van der Waals surface area contributed by atoms with Gasteiger partial charge in [-0.05, 0) is 60.5 Å². The van der Waals surface area contributed by atoms with Gasteiger partial charge in [-0.25, -0.2) is 14.0 Å². The quantitative estimate of drug-likeness (QED) is 0.283. The van der Waals surface area contributed by atoms with Crippen LogP contribution in [0.5, 0.6) is 5.75 Å². The van der Waals surface area contributed by atoms with Gasteiger partial charge >= 0.3 is 12.0 Å². The number of hydrogen-bond acceptors (Lipinski definition) is 5. The summed E-state index contributed by atoms with van der Waals surface area (Å²) in [6, 6.07) is 19.5. The summed E-state index contributed by atoms with van der Waals surface area (Å²) in [5.41, 5.74) is 1.95. The second-order valence-corrected chi connectivity index (χ2v) is 9.21. The summed E-state index contributed by atoms with van der Waals surface area (Å²) in [6.45, 7) is -0.0660. The Balaban J connectivity index is 1.34. The van der Waals surface area contributed by atoms with E-state index in [1.165, 1.54) is 24.1 Å². The Labute approximate surface area is 224 Å². The molecule has 1 aliphatic rings. The number of nitrogens with one attached hydrogen (secondary N) is 2. The van der Waals surface area contributed by atoms with Crippen molar-refractivity contribution < 1.29 is 28.2 Å². The van der Waals surface area contributed by atoms with E-state index in [9.17, 15) is 14.4 Å². The van der Waals surface area contributed by atoms with Crippen molar-refractivity contribution in [3.05, 3.63) is 88.9 Å². The van der Waals surface area contributed by atoms with Gasteiger partial charge in [-0.2, -0.15) is 0 Å². The number of nitrogens with zero attached hydrogens (tertiary/aromatic N) is 1. The number of urea groups is 1. The average Bonchev–Trinajstić information content (AvgIpc) is 3.31. The number of methoxy groups -OCH3 is 1. The highest BCUT2D eigenvalue weighted by Crippen LogP contribution is 2.33. The van der Waals surface area contributed by atoms with Gasteiger partial charge in [-0.15, -0.1) is 0 Å². The van der Waals surface area contributed by atoms with Crippen LogP contribution in [0.3, 0.4) is 0 Å². The number of halogens is 2. The van der Waals surface area contributed by atoms with Crippen LogP contribution in [0.4, 0.5) is 20.6 Å². The van der Waals surface area contributed by atoms with Crippen LogP contribution in [0.15, 0.2) is 72.8 Å². The fourth-order valence-corrected chi connectivity index (χ4v) is 4.44. The summed E-state index contributed by atoms with van der Waals surface area (Å²) < 4.78 is 26.0. The SMILES string of the molecule is COC(=O)c1ccc(OC[C@@]2(F)CCCN2C(=O)Cc2ccc(NC(=O)Nc3ccccc3)c(Cl)c2)cc1. The highest BCUT2D eigenvalue weighted by atomic mass is 35.5. The normalized spacial score (nSPS) is 16.6. The maximum Gasteiger partial charge on any atom is 0.337 e. The number of esters is 1. The largest absolute Gasteiger partial charge is 0.488 e. The van der Waals surface area contributed by atoms with E-state index < -0.39 is 23.7 Å². The highest BCUT2D eigenvalue weighted by Gasteiger charge is 2.44. The predicted molar refractivity (Wildman–Crippen MR) is 142 cm³/mol. The van der Waals surface area contributed by atoms with Crippen molar-refractivity contribution in [1.29, 1.82) is 0 Å². The van der Waals surface area contributed by atoms with Crippen LogP contribution >= 0.6 is 11.6 Å². The summed E-state index contributed by atoms with van der Waals surface area (Å²) >= 11 is 6.34. The van der Waals surface area contributed by atoms with Gasteiger partial charge in [0.2, 0.25) is 11.7 Å². The molecular weight excluding hydrogens is 513 g/mol. The third-order valence-electron chi connectivity index (χ3n) is 6.13. The number of rotatable bonds is 8. The van der Waals surface area contributed by atoms with Crippen LogP contribution in [0, 0.1) is 0 Å². The number of likely N-dealkylation sites (tertiary alicyclic amines) is 1. The molecule has 1 aliphatic heterocycles. The molecule has 0 bridgehead atoms. The second kappa shape index (κ2) is 12.0. The molecule has 0 aromatic heterocycles. The third-order valence-corrected chi connectivity index (χ3v) is 6.44. The van der Waals surface area contributed by atoms with E-state index in [1.54, 1.807) is 54.6 Å². The molecule has 3 aromatic carbocycles. The lowest BCUT2D eigenvalue weighted by Gasteiger charge is -2.31. The van der Waals surface area contributed by atoms with E-state index in [1.807, 2.05) is 6.07 Å². The number of para-hydroxylation sites is 1. The molecule has 1 fully saturated rings. The van der Waals surface area contributed by atoms with E-state index >= 15 is 4.39 Å². The number of carbonyl (C=O) groups excluding carboxylic acids is 3. The van der Waals surface area contributed by atoms with Crippen molar-refractivity contribution in [1.82, 2.24) is 4.90 Å². The summed E-state index contributed by atoms with van der Waals surface area (Å²) in [7, 11) is 1.29. The molecule has 198 valence electrons. The molecule has 0 unspecified atom stereocenters. The zero-order valence-corrected chi connectivity index (χ0v) is 21.5. The molecule has 1 heterocycles. The maximum atomic E-state index is 15.8. The first-order valence-corrected chi connectivity index (χ1v) is 12.4. The van der Waals surface area contributed by atoms with E-state index in [-0.39, 0.29) is 31.0 Å². The first-order chi connectivity index (χ1) is 18.3. The van der Waals surface area contributed by atoms with E-state index in [4.69, 9.17) is 16.3 Å². The summed E-state index contributed by atoms with van der Waals surface area (Å²) in [5.74, 6) is -2.46. The van der Waals surface area contributed by atoms with E-state index in [0.29, 0.717) is 34.7 Å². The highest BCUT2D eigenvalue weighted by molar-refractivity contribution is 6.33. The minimum absolute atomic E-state index is 0.0598. The second-order valence-electron chi connectivity index (χ2n) is 8.81. The molecule has 2 N–H and O–H groups in total. The Kier molecular flexibility index (Phi) is 8.48. The predicted octanol–water partition coefficient (Wildman–Crippen LogP) is 5.68. The van der Waals surface area contributed by atoms with Gasteiger partial charge in [0.25, 0.3) is 0 Å². The van der Waals surface area contributed by atoms with Gasteiger partial charge in [-0.3, -0.25) is 4.79 Å². The van der Waals surface area contributed by atoms with Crippen LogP contribution in [0.1, 0.15) is 28.8 Å². The summed E-state index contributed by atoms with van der Waals surface area (Å²) in [6.07, 6.45) is 0.599. The van der Waals surface area contributed by atoms with Gasteiger partial charge in [0.05, 0.1) is 29.8 Å². The minimum Gasteiger partial charge on any atom is -0.488 e. The maximum absolute atomic E-state index is 15.8. The number of amides is 3. The number of carbonyl (C=O) groups is 3.